The number of hydrogen-bond acceptors (Lipinski definition) is 2. The molecule has 2 heteroatoms. The van der Waals surface area contributed by atoms with E-state index in [0.29, 0.717) is 5.54 Å². The van der Waals surface area contributed by atoms with Crippen molar-refractivity contribution in [3.63, 3.8) is 0 Å². The van der Waals surface area contributed by atoms with Crippen LogP contribution in [0.3, 0.4) is 0 Å². The predicted octanol–water partition coefficient (Wildman–Crippen LogP) is 0.0987. The average molecular weight is 126 g/mol. The molecule has 1 saturated heterocycles. The Morgan fingerprint density at radius 2 is 2.11 bits per heavy atom. The molecule has 0 aromatic carbocycles. The van der Waals surface area contributed by atoms with Crippen LogP contribution in [0.4, 0.5) is 0 Å². The Kier molecular flexibility index (Phi) is 0.945. The van der Waals surface area contributed by atoms with E-state index in [1.807, 2.05) is 0 Å². The molecule has 52 valence electrons. The zero-order valence-corrected chi connectivity index (χ0v) is 6.07. The van der Waals surface area contributed by atoms with Crippen LogP contribution in [0.1, 0.15) is 19.8 Å². The molecule has 0 spiro atoms. The van der Waals surface area contributed by atoms with Gasteiger partial charge in [-0.3, -0.25) is 0 Å². The monoisotopic (exact) mass is 126 g/mol. The second-order valence-electron chi connectivity index (χ2n) is 3.34. The van der Waals surface area contributed by atoms with E-state index < -0.39 is 0 Å². The highest BCUT2D eigenvalue weighted by atomic mass is 15.2. The van der Waals surface area contributed by atoms with Crippen LogP contribution in [0.2, 0.25) is 0 Å². The predicted molar refractivity (Wildman–Crippen MR) is 37.4 cm³/mol. The van der Waals surface area contributed by atoms with Gasteiger partial charge in [0.1, 0.15) is 0 Å². The van der Waals surface area contributed by atoms with Gasteiger partial charge in [0.05, 0.1) is 0 Å². The molecule has 0 bridgehead atoms. The lowest BCUT2D eigenvalue weighted by Crippen LogP contribution is -2.35. The molecule has 0 aromatic rings. The van der Waals surface area contributed by atoms with Gasteiger partial charge in [0.25, 0.3) is 0 Å². The quantitative estimate of drug-likeness (QED) is 0.514. The van der Waals surface area contributed by atoms with Gasteiger partial charge in [-0.25, -0.2) is 0 Å². The van der Waals surface area contributed by atoms with Crippen molar-refractivity contribution in [3.8, 4) is 0 Å². The van der Waals surface area contributed by atoms with Crippen LogP contribution < -0.4 is 10.6 Å². The zero-order valence-electron chi connectivity index (χ0n) is 6.07. The molecule has 1 aliphatic heterocycles. The molecule has 1 heterocycles. The van der Waals surface area contributed by atoms with E-state index in [1.54, 1.807) is 0 Å². The molecule has 1 aliphatic carbocycles. The molecule has 2 atom stereocenters. The van der Waals surface area contributed by atoms with E-state index in [9.17, 15) is 0 Å². The fourth-order valence-corrected chi connectivity index (χ4v) is 1.72. The topological polar surface area (TPSA) is 34.0 Å². The van der Waals surface area contributed by atoms with Gasteiger partial charge in [-0.2, -0.15) is 0 Å². The van der Waals surface area contributed by atoms with E-state index in [0.717, 1.165) is 12.1 Å². The van der Waals surface area contributed by atoms with Crippen molar-refractivity contribution in [1.29, 1.82) is 0 Å². The van der Waals surface area contributed by atoms with Crippen LogP contribution in [0, 0.1) is 0 Å². The molecule has 2 fully saturated rings. The van der Waals surface area contributed by atoms with Gasteiger partial charge in [0.15, 0.2) is 0 Å². The van der Waals surface area contributed by atoms with Crippen molar-refractivity contribution in [3.05, 3.63) is 0 Å². The third-order valence-electron chi connectivity index (χ3n) is 2.72. The fraction of sp³-hybridized carbons (Fsp3) is 1.00. The van der Waals surface area contributed by atoms with Crippen LogP contribution in [0.5, 0.6) is 0 Å². The molecule has 1 saturated carbocycles. The van der Waals surface area contributed by atoms with E-state index >= 15 is 0 Å². The van der Waals surface area contributed by atoms with Crippen molar-refractivity contribution in [1.82, 2.24) is 10.6 Å². The number of nitrogens with one attached hydrogen (secondary N) is 2. The van der Waals surface area contributed by atoms with Gasteiger partial charge in [0.2, 0.25) is 0 Å². The second kappa shape index (κ2) is 1.50. The standard InChI is InChI=1S/C7H14N2/c1-5-6(9-5)7(8-2)3-4-7/h5-6,8-9H,3-4H2,1-2H3/t5-,6+/m1/s1. The molecular formula is C7H14N2. The Morgan fingerprint density at radius 3 is 2.22 bits per heavy atom. The third-order valence-corrected chi connectivity index (χ3v) is 2.72. The first kappa shape index (κ1) is 5.69. The number of rotatable bonds is 2. The van der Waals surface area contributed by atoms with Crippen molar-refractivity contribution in [2.24, 2.45) is 0 Å². The maximum Gasteiger partial charge on any atom is 0.0404 e. The van der Waals surface area contributed by atoms with Crippen molar-refractivity contribution in [2.75, 3.05) is 7.05 Å². The van der Waals surface area contributed by atoms with Crippen LogP contribution >= 0.6 is 0 Å². The summed E-state index contributed by atoms with van der Waals surface area (Å²) in [6.45, 7) is 2.25. The van der Waals surface area contributed by atoms with Crippen LogP contribution in [-0.2, 0) is 0 Å². The molecule has 0 amide bonds. The van der Waals surface area contributed by atoms with Crippen LogP contribution in [0.25, 0.3) is 0 Å². The highest BCUT2D eigenvalue weighted by Crippen LogP contribution is 2.43. The molecule has 2 aliphatic rings. The summed E-state index contributed by atoms with van der Waals surface area (Å²) in [4.78, 5) is 0. The summed E-state index contributed by atoms with van der Waals surface area (Å²) < 4.78 is 0. The minimum Gasteiger partial charge on any atom is -0.313 e. The van der Waals surface area contributed by atoms with Gasteiger partial charge in [-0.1, -0.05) is 0 Å². The van der Waals surface area contributed by atoms with E-state index in [4.69, 9.17) is 0 Å². The summed E-state index contributed by atoms with van der Waals surface area (Å²) in [5.41, 5.74) is 0.513. The first-order valence-electron chi connectivity index (χ1n) is 3.73. The SMILES string of the molecule is CNC1([C@H]2N[C@@H]2C)CC1. The van der Waals surface area contributed by atoms with E-state index in [1.165, 1.54) is 12.8 Å². The van der Waals surface area contributed by atoms with Crippen molar-refractivity contribution < 1.29 is 0 Å². The molecule has 0 aromatic heterocycles. The van der Waals surface area contributed by atoms with E-state index in [2.05, 4.69) is 24.6 Å². The molecule has 2 N–H and O–H groups in total. The Morgan fingerprint density at radius 1 is 1.56 bits per heavy atom. The van der Waals surface area contributed by atoms with Gasteiger partial charge in [-0.05, 0) is 26.8 Å². The Balaban J connectivity index is 1.97. The van der Waals surface area contributed by atoms with Crippen LogP contribution in [0.15, 0.2) is 0 Å². The summed E-state index contributed by atoms with van der Waals surface area (Å²) >= 11 is 0. The number of likely N-dealkylation sites (N-methyl/N-ethyl adjacent to an activating group) is 1. The Bertz CT molecular complexity index is 129. The summed E-state index contributed by atoms with van der Waals surface area (Å²) in [5, 5.41) is 6.81. The fourth-order valence-electron chi connectivity index (χ4n) is 1.72. The summed E-state index contributed by atoms with van der Waals surface area (Å²) in [6.07, 6.45) is 2.73. The Labute approximate surface area is 56.0 Å². The lowest BCUT2D eigenvalue weighted by atomic mass is 10.1. The minimum absolute atomic E-state index is 0.513. The lowest BCUT2D eigenvalue weighted by Gasteiger charge is -2.10. The maximum atomic E-state index is 3.42. The van der Waals surface area contributed by atoms with Gasteiger partial charge >= 0.3 is 0 Å². The molecular weight excluding hydrogens is 112 g/mol. The largest absolute Gasteiger partial charge is 0.313 e. The van der Waals surface area contributed by atoms with Crippen LogP contribution in [-0.4, -0.2) is 24.7 Å². The average Bonchev–Trinajstić information content (AvgIpc) is 2.63. The highest BCUT2D eigenvalue weighted by molar-refractivity contribution is 5.20. The van der Waals surface area contributed by atoms with E-state index in [-0.39, 0.29) is 0 Å². The highest BCUT2D eigenvalue weighted by Gasteiger charge is 2.56. The molecule has 0 radical (unpaired) electrons. The minimum atomic E-state index is 0.513. The molecule has 2 rings (SSSR count). The summed E-state index contributed by atoms with van der Waals surface area (Å²) in [6, 6.07) is 1.54. The first-order chi connectivity index (χ1) is 4.28. The van der Waals surface area contributed by atoms with Gasteiger partial charge in [-0.15, -0.1) is 0 Å². The summed E-state index contributed by atoms with van der Waals surface area (Å²) in [7, 11) is 2.07. The lowest BCUT2D eigenvalue weighted by molar-refractivity contribution is 0.532. The smallest absolute Gasteiger partial charge is 0.0404 e. The number of hydrogen-bond donors (Lipinski definition) is 2. The van der Waals surface area contributed by atoms with Gasteiger partial charge < -0.3 is 10.6 Å². The zero-order chi connectivity index (χ0) is 6.48. The molecule has 2 nitrogen and oxygen atoms in total. The van der Waals surface area contributed by atoms with Gasteiger partial charge in [0, 0.05) is 17.6 Å². The maximum absolute atomic E-state index is 3.42. The molecule has 9 heavy (non-hydrogen) atoms. The third kappa shape index (κ3) is 0.700. The van der Waals surface area contributed by atoms with Crippen molar-refractivity contribution >= 4 is 0 Å². The molecule has 0 unspecified atom stereocenters. The normalized spacial score (nSPS) is 44.7. The first-order valence-corrected chi connectivity index (χ1v) is 3.73. The van der Waals surface area contributed by atoms with Crippen molar-refractivity contribution in [2.45, 2.75) is 37.4 Å². The summed E-state index contributed by atoms with van der Waals surface area (Å²) in [5.74, 6) is 0. The second-order valence-corrected chi connectivity index (χ2v) is 3.34. The Hall–Kier alpha value is -0.0800.